The molecule has 0 saturated heterocycles. The van der Waals surface area contributed by atoms with Crippen molar-refractivity contribution in [1.29, 1.82) is 0 Å². The van der Waals surface area contributed by atoms with E-state index in [1.54, 1.807) is 4.57 Å². The monoisotopic (exact) mass is 262 g/mol. The fraction of sp³-hybridized carbons (Fsp3) is 0.375. The lowest BCUT2D eigenvalue weighted by Gasteiger charge is -2.08. The Morgan fingerprint density at radius 2 is 2.12 bits per heavy atom. The van der Waals surface area contributed by atoms with Gasteiger partial charge in [-0.15, -0.1) is 0 Å². The molecule has 8 heteroatoms. The van der Waals surface area contributed by atoms with Crippen molar-refractivity contribution in [3.05, 3.63) is 16.8 Å². The zero-order valence-electron chi connectivity index (χ0n) is 8.01. The van der Waals surface area contributed by atoms with Crippen LogP contribution in [0.5, 0.6) is 0 Å². The molecule has 2 aromatic heterocycles. The van der Waals surface area contributed by atoms with E-state index in [9.17, 15) is 5.11 Å². The first kappa shape index (κ1) is 11.5. The molecule has 0 radical (unpaired) electrons. The third-order valence-electron chi connectivity index (χ3n) is 2.01. The van der Waals surface area contributed by atoms with Crippen LogP contribution < -0.4 is 0 Å². The molecule has 0 aliphatic carbocycles. The van der Waals surface area contributed by atoms with Crippen molar-refractivity contribution in [1.82, 2.24) is 19.5 Å². The summed E-state index contributed by atoms with van der Waals surface area (Å²) in [5.74, 6) is 0. The van der Waals surface area contributed by atoms with Gasteiger partial charge in [-0.05, 0) is 11.6 Å². The van der Waals surface area contributed by atoms with Crippen molar-refractivity contribution >= 4 is 34.4 Å². The fourth-order valence-corrected chi connectivity index (χ4v) is 1.72. The second kappa shape index (κ2) is 4.50. The molecular weight excluding hydrogens is 255 g/mol. The minimum atomic E-state index is -0.884. The van der Waals surface area contributed by atoms with Gasteiger partial charge in [0.1, 0.15) is 5.52 Å². The fourth-order valence-electron chi connectivity index (χ4n) is 1.30. The predicted molar refractivity (Wildman–Crippen MR) is 58.4 cm³/mol. The zero-order chi connectivity index (χ0) is 11.7. The molecule has 2 aromatic rings. The minimum absolute atomic E-state index is 0.0118. The highest BCUT2D eigenvalue weighted by atomic mass is 35.5. The SMILES string of the molecule is OC[C@H](O)Cn1cnc2c(Cl)nc(Cl)nc21. The lowest BCUT2D eigenvalue weighted by molar-refractivity contribution is 0.0820. The Hall–Kier alpha value is -0.950. The molecule has 0 spiro atoms. The lowest BCUT2D eigenvalue weighted by Crippen LogP contribution is -2.19. The van der Waals surface area contributed by atoms with E-state index in [1.807, 2.05) is 0 Å². The number of halogens is 2. The Kier molecular flexibility index (Phi) is 3.25. The van der Waals surface area contributed by atoms with Crippen LogP contribution in [0.3, 0.4) is 0 Å². The molecule has 0 bridgehead atoms. The van der Waals surface area contributed by atoms with Crippen LogP contribution in [-0.4, -0.2) is 42.4 Å². The number of imidazole rings is 1. The van der Waals surface area contributed by atoms with E-state index < -0.39 is 6.10 Å². The number of aliphatic hydroxyl groups is 2. The average molecular weight is 263 g/mol. The Bertz CT molecular complexity index is 516. The molecule has 0 amide bonds. The number of fused-ring (bicyclic) bond motifs is 1. The molecule has 2 heterocycles. The smallest absolute Gasteiger partial charge is 0.225 e. The van der Waals surface area contributed by atoms with Gasteiger partial charge in [-0.2, -0.15) is 4.98 Å². The average Bonchev–Trinajstić information content (AvgIpc) is 2.61. The van der Waals surface area contributed by atoms with Crippen LogP contribution in [-0.2, 0) is 6.54 Å². The maximum atomic E-state index is 9.32. The third-order valence-corrected chi connectivity index (χ3v) is 2.44. The summed E-state index contributed by atoms with van der Waals surface area (Å²) in [5.41, 5.74) is 0.841. The van der Waals surface area contributed by atoms with Crippen molar-refractivity contribution in [2.75, 3.05) is 6.61 Å². The molecule has 2 rings (SSSR count). The number of hydrogen-bond donors (Lipinski definition) is 2. The van der Waals surface area contributed by atoms with Gasteiger partial charge in [-0.1, -0.05) is 11.6 Å². The highest BCUT2D eigenvalue weighted by molar-refractivity contribution is 6.35. The van der Waals surface area contributed by atoms with E-state index >= 15 is 0 Å². The molecule has 86 valence electrons. The molecule has 0 aliphatic rings. The van der Waals surface area contributed by atoms with Gasteiger partial charge in [0.25, 0.3) is 0 Å². The van der Waals surface area contributed by atoms with E-state index in [0.29, 0.717) is 11.2 Å². The van der Waals surface area contributed by atoms with Crippen LogP contribution >= 0.6 is 23.2 Å². The maximum Gasteiger partial charge on any atom is 0.225 e. The van der Waals surface area contributed by atoms with Crippen molar-refractivity contribution in [3.63, 3.8) is 0 Å². The number of nitrogens with zero attached hydrogens (tertiary/aromatic N) is 4. The van der Waals surface area contributed by atoms with Gasteiger partial charge in [0.2, 0.25) is 5.28 Å². The summed E-state index contributed by atoms with van der Waals surface area (Å²) < 4.78 is 1.55. The summed E-state index contributed by atoms with van der Waals surface area (Å²) >= 11 is 11.5. The van der Waals surface area contributed by atoms with Gasteiger partial charge < -0.3 is 14.8 Å². The topological polar surface area (TPSA) is 84.1 Å². The van der Waals surface area contributed by atoms with Crippen LogP contribution in [0.25, 0.3) is 11.2 Å². The first-order valence-corrected chi connectivity index (χ1v) is 5.20. The first-order valence-electron chi connectivity index (χ1n) is 4.44. The van der Waals surface area contributed by atoms with Crippen molar-refractivity contribution in [2.24, 2.45) is 0 Å². The Morgan fingerprint density at radius 3 is 2.81 bits per heavy atom. The van der Waals surface area contributed by atoms with Crippen LogP contribution in [0.1, 0.15) is 0 Å². The normalized spacial score (nSPS) is 13.2. The van der Waals surface area contributed by atoms with Gasteiger partial charge in [0, 0.05) is 0 Å². The molecule has 0 aromatic carbocycles. The van der Waals surface area contributed by atoms with Gasteiger partial charge >= 0.3 is 0 Å². The summed E-state index contributed by atoms with van der Waals surface area (Å²) in [7, 11) is 0. The lowest BCUT2D eigenvalue weighted by atomic mass is 10.4. The third kappa shape index (κ3) is 2.10. The summed E-state index contributed by atoms with van der Waals surface area (Å²) in [6, 6.07) is 0. The van der Waals surface area contributed by atoms with Gasteiger partial charge in [0.05, 0.1) is 25.6 Å². The Morgan fingerprint density at radius 1 is 1.38 bits per heavy atom. The van der Waals surface area contributed by atoms with E-state index in [2.05, 4.69) is 15.0 Å². The number of hydrogen-bond acceptors (Lipinski definition) is 5. The van der Waals surface area contributed by atoms with Crippen molar-refractivity contribution in [2.45, 2.75) is 12.6 Å². The Labute approximate surface area is 100 Å². The van der Waals surface area contributed by atoms with Gasteiger partial charge in [-0.25, -0.2) is 9.97 Å². The maximum absolute atomic E-state index is 9.32. The molecule has 1 atom stereocenters. The summed E-state index contributed by atoms with van der Waals surface area (Å²) in [6.07, 6.45) is 0.574. The second-order valence-corrected chi connectivity index (χ2v) is 3.89. The zero-order valence-corrected chi connectivity index (χ0v) is 9.52. The number of rotatable bonds is 3. The summed E-state index contributed by atoms with van der Waals surface area (Å²) in [5, 5.41) is 18.2. The molecule has 0 aliphatic heterocycles. The first-order chi connectivity index (χ1) is 7.61. The Balaban J connectivity index is 2.47. The molecule has 16 heavy (non-hydrogen) atoms. The van der Waals surface area contributed by atoms with Crippen LogP contribution in [0, 0.1) is 0 Å². The van der Waals surface area contributed by atoms with E-state index in [1.165, 1.54) is 6.33 Å². The van der Waals surface area contributed by atoms with Crippen LogP contribution in [0.2, 0.25) is 10.4 Å². The summed E-state index contributed by atoms with van der Waals surface area (Å²) in [6.45, 7) is -0.178. The van der Waals surface area contributed by atoms with E-state index in [0.717, 1.165) is 0 Å². The van der Waals surface area contributed by atoms with Gasteiger partial charge in [0.15, 0.2) is 10.8 Å². The second-order valence-electron chi connectivity index (χ2n) is 3.19. The molecule has 0 fully saturated rings. The highest BCUT2D eigenvalue weighted by Gasteiger charge is 2.13. The predicted octanol–water partition coefficient (Wildman–Crippen LogP) is 0.486. The molecule has 0 unspecified atom stereocenters. The molecule has 6 nitrogen and oxygen atoms in total. The largest absolute Gasteiger partial charge is 0.394 e. The molecule has 0 saturated carbocycles. The van der Waals surface area contributed by atoms with E-state index in [4.69, 9.17) is 28.3 Å². The minimum Gasteiger partial charge on any atom is -0.394 e. The molecule has 2 N–H and O–H groups in total. The van der Waals surface area contributed by atoms with Crippen molar-refractivity contribution < 1.29 is 10.2 Å². The standard InChI is InChI=1S/C8H8Cl2N4O2/c9-6-5-7(13-8(10)12-6)14(3-11-5)1-4(16)2-15/h3-4,15-16H,1-2H2/t4-/m1/s1. The molecular formula is C8H8Cl2N4O2. The summed E-state index contributed by atoms with van der Waals surface area (Å²) in [4.78, 5) is 11.7. The number of aromatic nitrogens is 4. The number of aliphatic hydroxyl groups excluding tert-OH is 2. The quantitative estimate of drug-likeness (QED) is 0.621. The highest BCUT2D eigenvalue weighted by Crippen LogP contribution is 2.20. The van der Waals surface area contributed by atoms with Crippen LogP contribution in [0.4, 0.5) is 0 Å². The van der Waals surface area contributed by atoms with Gasteiger partial charge in [-0.3, -0.25) is 0 Å². The van der Waals surface area contributed by atoms with Crippen molar-refractivity contribution in [3.8, 4) is 0 Å². The van der Waals surface area contributed by atoms with Crippen LogP contribution in [0.15, 0.2) is 6.33 Å². The van der Waals surface area contributed by atoms with E-state index in [-0.39, 0.29) is 23.6 Å².